The molecule has 2 aliphatic rings. The molecule has 0 unspecified atom stereocenters. The highest BCUT2D eigenvalue weighted by Gasteiger charge is 2.30. The number of nitrogen functional groups attached to an aromatic ring is 1. The van der Waals surface area contributed by atoms with Gasteiger partial charge >= 0.3 is 10.2 Å². The van der Waals surface area contributed by atoms with Crippen LogP contribution in [-0.2, 0) is 10.2 Å². The fourth-order valence-corrected chi connectivity index (χ4v) is 6.96. The summed E-state index contributed by atoms with van der Waals surface area (Å²) in [6.07, 6.45) is 4.34. The van der Waals surface area contributed by atoms with Gasteiger partial charge in [0.05, 0.1) is 29.6 Å². The van der Waals surface area contributed by atoms with Crippen molar-refractivity contribution in [3.63, 3.8) is 0 Å². The van der Waals surface area contributed by atoms with Gasteiger partial charge in [0, 0.05) is 43.7 Å². The van der Waals surface area contributed by atoms with E-state index in [0.717, 1.165) is 57.7 Å². The van der Waals surface area contributed by atoms with E-state index in [1.165, 1.54) is 7.11 Å². The van der Waals surface area contributed by atoms with Gasteiger partial charge in [-0.2, -0.15) is 13.5 Å². The van der Waals surface area contributed by atoms with E-state index in [9.17, 15) is 8.42 Å². The fourth-order valence-electron chi connectivity index (χ4n) is 6.01. The third-order valence-electron chi connectivity index (χ3n) is 8.34. The van der Waals surface area contributed by atoms with Crippen molar-refractivity contribution in [3.8, 4) is 17.0 Å². The van der Waals surface area contributed by atoms with Crippen LogP contribution in [0.15, 0.2) is 48.5 Å². The summed E-state index contributed by atoms with van der Waals surface area (Å²) in [6.45, 7) is 4.54. The van der Waals surface area contributed by atoms with Crippen LogP contribution in [0.2, 0.25) is 0 Å². The molecule has 1 aliphatic heterocycles. The predicted octanol–water partition coefficient (Wildman–Crippen LogP) is 3.65. The summed E-state index contributed by atoms with van der Waals surface area (Å²) in [5, 5.41) is 8.15. The summed E-state index contributed by atoms with van der Waals surface area (Å²) < 4.78 is 36.0. The lowest BCUT2D eigenvalue weighted by Gasteiger charge is -2.40. The van der Waals surface area contributed by atoms with Crippen LogP contribution in [0, 0.1) is 0 Å². The Balaban J connectivity index is 1.18. The van der Waals surface area contributed by atoms with E-state index >= 15 is 0 Å². The number of benzene rings is 2. The summed E-state index contributed by atoms with van der Waals surface area (Å²) in [5.74, 6) is 1.72. The number of ether oxygens (including phenoxy) is 1. The molecule has 2 aromatic carbocycles. The van der Waals surface area contributed by atoms with Gasteiger partial charge in [0.15, 0.2) is 5.65 Å². The van der Waals surface area contributed by atoms with Crippen molar-refractivity contribution in [1.82, 2.24) is 30.0 Å². The number of hydrogen-bond donors (Lipinski definition) is 4. The summed E-state index contributed by atoms with van der Waals surface area (Å²) >= 11 is 0. The molecule has 1 aliphatic carbocycles. The van der Waals surface area contributed by atoms with Gasteiger partial charge in [0.2, 0.25) is 0 Å². The summed E-state index contributed by atoms with van der Waals surface area (Å²) in [7, 11) is -0.232. The number of nitrogens with zero attached hydrogens (tertiary/aromatic N) is 5. The maximum absolute atomic E-state index is 12.7. The number of nitrogens with two attached hydrogens (primary N) is 1. The SMILES string of the molecule is COc1cc(-c2[nH]nc3nc(C4CCC(N5CCN(C)CC5)CC4)nc(N)c23)ccc1NS(=O)(=O)Nc1ccccc1. The Morgan fingerprint density at radius 3 is 2.43 bits per heavy atom. The molecule has 0 bridgehead atoms. The van der Waals surface area contributed by atoms with Crippen molar-refractivity contribution in [2.45, 2.75) is 37.6 Å². The molecule has 6 rings (SSSR count). The predicted molar refractivity (Wildman–Crippen MR) is 165 cm³/mol. The fraction of sp³-hybridized carbons (Fsp3) is 0.414. The Kier molecular flexibility index (Phi) is 7.88. The molecule has 5 N–H and O–H groups in total. The number of piperazine rings is 1. The van der Waals surface area contributed by atoms with E-state index in [1.807, 2.05) is 6.07 Å². The van der Waals surface area contributed by atoms with Crippen LogP contribution in [0.1, 0.15) is 37.4 Å². The normalized spacial score (nSPS) is 20.4. The van der Waals surface area contributed by atoms with Gasteiger partial charge in [0.25, 0.3) is 0 Å². The second kappa shape index (κ2) is 11.7. The smallest absolute Gasteiger partial charge is 0.321 e. The lowest BCUT2D eigenvalue weighted by atomic mass is 9.84. The Morgan fingerprint density at radius 2 is 1.71 bits per heavy atom. The number of anilines is 3. The topological polar surface area (TPSA) is 154 Å². The van der Waals surface area contributed by atoms with E-state index in [0.29, 0.717) is 45.6 Å². The largest absolute Gasteiger partial charge is 0.495 e. The number of nitrogens with one attached hydrogen (secondary N) is 3. The van der Waals surface area contributed by atoms with Gasteiger partial charge in [-0.25, -0.2) is 9.97 Å². The average Bonchev–Trinajstić information content (AvgIpc) is 3.43. The molecule has 0 amide bonds. The van der Waals surface area contributed by atoms with Crippen LogP contribution in [-0.4, -0.2) is 84.8 Å². The van der Waals surface area contributed by atoms with Crippen LogP contribution < -0.4 is 19.9 Å². The van der Waals surface area contributed by atoms with Crippen LogP contribution in [0.3, 0.4) is 0 Å². The van der Waals surface area contributed by atoms with Crippen molar-refractivity contribution in [2.75, 3.05) is 55.5 Å². The van der Waals surface area contributed by atoms with Gasteiger partial charge in [0.1, 0.15) is 17.4 Å². The van der Waals surface area contributed by atoms with Crippen LogP contribution >= 0.6 is 0 Å². The standard InChI is InChI=1S/C29H37N9O3S/c1-37-14-16-38(17-15-37)22-11-8-19(9-12-22)28-31-27(30)25-26(33-34-29(25)32-28)20-10-13-23(24(18-20)41-2)36-42(39,40)35-21-6-4-3-5-7-21/h3-7,10,13,18-19,22,35-36H,8-9,11-12,14-17H2,1-2H3,(H3,30,31,32,33,34). The molecule has 0 radical (unpaired) electrons. The number of methoxy groups -OCH3 is 1. The van der Waals surface area contributed by atoms with Gasteiger partial charge in [-0.15, -0.1) is 0 Å². The highest BCUT2D eigenvalue weighted by molar-refractivity contribution is 7.94. The molecule has 222 valence electrons. The Bertz CT molecular complexity index is 1650. The Hall–Kier alpha value is -3.94. The molecule has 12 nitrogen and oxygen atoms in total. The number of H-pyrrole nitrogens is 1. The molecule has 2 aromatic heterocycles. The molecule has 42 heavy (non-hydrogen) atoms. The highest BCUT2D eigenvalue weighted by atomic mass is 32.2. The molecule has 2 fully saturated rings. The van der Waals surface area contributed by atoms with Gasteiger partial charge in [-0.1, -0.05) is 24.3 Å². The minimum atomic E-state index is -3.90. The maximum Gasteiger partial charge on any atom is 0.321 e. The first-order valence-corrected chi connectivity index (χ1v) is 15.8. The number of aromatic amines is 1. The number of fused-ring (bicyclic) bond motifs is 1. The number of hydrogen-bond acceptors (Lipinski definition) is 9. The molecule has 13 heteroatoms. The molecule has 4 aromatic rings. The summed E-state index contributed by atoms with van der Waals surface area (Å²) in [5.41, 5.74) is 9.11. The first-order valence-electron chi connectivity index (χ1n) is 14.3. The van der Waals surface area contributed by atoms with Crippen molar-refractivity contribution in [1.29, 1.82) is 0 Å². The van der Waals surface area contributed by atoms with Crippen molar-refractivity contribution in [3.05, 3.63) is 54.4 Å². The molecule has 1 saturated carbocycles. The van der Waals surface area contributed by atoms with Crippen LogP contribution in [0.25, 0.3) is 22.3 Å². The lowest BCUT2D eigenvalue weighted by molar-refractivity contribution is 0.0873. The number of rotatable bonds is 8. The van der Waals surface area contributed by atoms with Crippen molar-refractivity contribution >= 4 is 38.4 Å². The lowest BCUT2D eigenvalue weighted by Crippen LogP contribution is -2.49. The van der Waals surface area contributed by atoms with Crippen molar-refractivity contribution < 1.29 is 13.2 Å². The number of para-hydroxylation sites is 1. The van der Waals surface area contributed by atoms with E-state index in [2.05, 4.69) is 36.5 Å². The van der Waals surface area contributed by atoms with Crippen LogP contribution in [0.4, 0.5) is 17.2 Å². The van der Waals surface area contributed by atoms with E-state index in [-0.39, 0.29) is 11.6 Å². The summed E-state index contributed by atoms with van der Waals surface area (Å²) in [6, 6.07) is 14.4. The molecule has 0 spiro atoms. The first kappa shape index (κ1) is 28.2. The minimum absolute atomic E-state index is 0.262. The summed E-state index contributed by atoms with van der Waals surface area (Å²) in [4.78, 5) is 14.6. The van der Waals surface area contributed by atoms with E-state index < -0.39 is 10.2 Å². The molecule has 3 heterocycles. The number of aromatic nitrogens is 4. The highest BCUT2D eigenvalue weighted by Crippen LogP contribution is 2.38. The third kappa shape index (κ3) is 5.98. The minimum Gasteiger partial charge on any atom is -0.495 e. The van der Waals surface area contributed by atoms with Gasteiger partial charge < -0.3 is 15.4 Å². The third-order valence-corrected chi connectivity index (χ3v) is 9.33. The van der Waals surface area contributed by atoms with Gasteiger partial charge in [-0.05, 0) is 57.0 Å². The Labute approximate surface area is 245 Å². The Morgan fingerprint density at radius 1 is 0.976 bits per heavy atom. The second-order valence-corrected chi connectivity index (χ2v) is 12.5. The first-order chi connectivity index (χ1) is 20.3. The van der Waals surface area contributed by atoms with E-state index in [4.69, 9.17) is 20.4 Å². The molecular weight excluding hydrogens is 554 g/mol. The monoisotopic (exact) mass is 591 g/mol. The quantitative estimate of drug-likeness (QED) is 0.240. The molecular formula is C29H37N9O3S. The maximum atomic E-state index is 12.7. The zero-order chi connectivity index (χ0) is 29.3. The molecule has 1 saturated heterocycles. The molecule has 0 atom stereocenters. The van der Waals surface area contributed by atoms with Crippen molar-refractivity contribution in [2.24, 2.45) is 0 Å². The zero-order valence-electron chi connectivity index (χ0n) is 23.9. The van der Waals surface area contributed by atoms with Crippen LogP contribution in [0.5, 0.6) is 5.75 Å². The zero-order valence-corrected chi connectivity index (χ0v) is 24.7. The average molecular weight is 592 g/mol. The number of likely N-dealkylation sites (N-methyl/N-ethyl adjacent to an activating group) is 1. The second-order valence-electron chi connectivity index (χ2n) is 11.1. The van der Waals surface area contributed by atoms with E-state index in [1.54, 1.807) is 42.5 Å². The van der Waals surface area contributed by atoms with Gasteiger partial charge in [-0.3, -0.25) is 19.4 Å².